The number of fused-ring (bicyclic) bond motifs is 1. The Kier molecular flexibility index (Phi) is 4.94. The van der Waals surface area contributed by atoms with Crippen molar-refractivity contribution in [2.75, 3.05) is 17.7 Å². The molecule has 0 aliphatic carbocycles. The van der Waals surface area contributed by atoms with Crippen LogP contribution in [0.5, 0.6) is 5.75 Å². The van der Waals surface area contributed by atoms with Crippen LogP contribution < -0.4 is 15.4 Å². The van der Waals surface area contributed by atoms with Crippen LogP contribution in [0.2, 0.25) is 5.02 Å². The number of anilines is 2. The Labute approximate surface area is 171 Å². The topological polar surface area (TPSA) is 98.1 Å². The lowest BCUT2D eigenvalue weighted by Gasteiger charge is -2.11. The third-order valence-electron chi connectivity index (χ3n) is 4.66. The van der Waals surface area contributed by atoms with Crippen molar-refractivity contribution in [3.05, 3.63) is 53.1 Å². The van der Waals surface area contributed by atoms with Crippen LogP contribution in [0.4, 0.5) is 11.6 Å². The minimum atomic E-state index is -0.774. The quantitative estimate of drug-likeness (QED) is 0.670. The maximum absolute atomic E-state index is 12.5. The predicted octanol–water partition coefficient (Wildman–Crippen LogP) is 3.44. The van der Waals surface area contributed by atoms with Gasteiger partial charge in [-0.1, -0.05) is 17.7 Å². The lowest BCUT2D eigenvalue weighted by atomic mass is 10.1. The average Bonchev–Trinajstić information content (AvgIpc) is 3.23. The normalized spacial score (nSPS) is 15.0. The number of carbonyl (C=O) groups excluding carboxylic acids is 2. The highest BCUT2D eigenvalue weighted by Crippen LogP contribution is 2.29. The van der Waals surface area contributed by atoms with Crippen molar-refractivity contribution in [3.8, 4) is 17.1 Å². The number of hydrogen-bond acceptors (Lipinski definition) is 5. The fourth-order valence-electron chi connectivity index (χ4n) is 3.08. The molecule has 4 rings (SSSR count). The van der Waals surface area contributed by atoms with Gasteiger partial charge in [-0.2, -0.15) is 4.98 Å². The Morgan fingerprint density at radius 3 is 2.76 bits per heavy atom. The first kappa shape index (κ1) is 18.9. The van der Waals surface area contributed by atoms with Crippen molar-refractivity contribution in [3.63, 3.8) is 0 Å². The number of carbonyl (C=O) groups is 2. The van der Waals surface area contributed by atoms with E-state index in [9.17, 15) is 9.59 Å². The summed E-state index contributed by atoms with van der Waals surface area (Å²) in [5, 5.41) is 10.4. The monoisotopic (exact) mass is 411 g/mol. The summed E-state index contributed by atoms with van der Waals surface area (Å²) in [6.45, 7) is 1.87. The zero-order valence-corrected chi connectivity index (χ0v) is 16.5. The number of ether oxygens (including phenoxy) is 1. The van der Waals surface area contributed by atoms with Crippen molar-refractivity contribution < 1.29 is 14.3 Å². The predicted molar refractivity (Wildman–Crippen MR) is 109 cm³/mol. The van der Waals surface area contributed by atoms with E-state index in [1.165, 1.54) is 4.68 Å². The first-order chi connectivity index (χ1) is 13.9. The van der Waals surface area contributed by atoms with Crippen molar-refractivity contribution in [2.45, 2.75) is 19.4 Å². The van der Waals surface area contributed by atoms with Gasteiger partial charge >= 0.3 is 0 Å². The van der Waals surface area contributed by atoms with Gasteiger partial charge in [0.1, 0.15) is 11.8 Å². The van der Waals surface area contributed by atoms with E-state index in [0.717, 1.165) is 16.9 Å². The molecule has 9 heteroatoms. The molecule has 1 unspecified atom stereocenters. The number of hydrogen-bond donors (Lipinski definition) is 2. The molecule has 0 bridgehead atoms. The molecule has 0 saturated heterocycles. The summed E-state index contributed by atoms with van der Waals surface area (Å²) in [6.07, 6.45) is -0.0732. The first-order valence-electron chi connectivity index (χ1n) is 8.92. The molecule has 0 fully saturated rings. The summed E-state index contributed by atoms with van der Waals surface area (Å²) in [4.78, 5) is 29.2. The molecule has 1 aliphatic rings. The number of methoxy groups -OCH3 is 1. The largest absolute Gasteiger partial charge is 0.497 e. The van der Waals surface area contributed by atoms with Crippen LogP contribution >= 0.6 is 11.6 Å². The van der Waals surface area contributed by atoms with Crippen LogP contribution in [0.25, 0.3) is 11.4 Å². The van der Waals surface area contributed by atoms with Gasteiger partial charge in [0, 0.05) is 16.3 Å². The zero-order chi connectivity index (χ0) is 20.5. The smallest absolute Gasteiger partial charge is 0.252 e. The van der Waals surface area contributed by atoms with Crippen LogP contribution in [0, 0.1) is 6.92 Å². The van der Waals surface area contributed by atoms with Gasteiger partial charge in [0.2, 0.25) is 11.9 Å². The molecule has 29 heavy (non-hydrogen) atoms. The van der Waals surface area contributed by atoms with E-state index >= 15 is 0 Å². The van der Waals surface area contributed by atoms with E-state index in [1.807, 2.05) is 25.1 Å². The van der Waals surface area contributed by atoms with Crippen LogP contribution in [-0.2, 0) is 9.59 Å². The van der Waals surface area contributed by atoms with Gasteiger partial charge in [0.05, 0.1) is 13.5 Å². The summed E-state index contributed by atoms with van der Waals surface area (Å²) < 4.78 is 6.60. The highest BCUT2D eigenvalue weighted by molar-refractivity contribution is 6.31. The Morgan fingerprint density at radius 1 is 1.28 bits per heavy atom. The standard InChI is InChI=1S/C20H18ClN5O3/c1-11-3-6-13(21)9-15(11)22-17(27)10-16-19(28)24-20-23-18(25-26(16)20)12-4-7-14(29-2)8-5-12/h3-9,16H,10H2,1-2H3,(H,22,27)(H,23,24,25,28). The molecule has 0 radical (unpaired) electrons. The minimum absolute atomic E-state index is 0.0732. The summed E-state index contributed by atoms with van der Waals surface area (Å²) in [6, 6.07) is 11.7. The fourth-order valence-corrected chi connectivity index (χ4v) is 3.25. The molecule has 1 aromatic heterocycles. The van der Waals surface area contributed by atoms with E-state index in [2.05, 4.69) is 20.7 Å². The van der Waals surface area contributed by atoms with Gasteiger partial charge in [-0.15, -0.1) is 5.10 Å². The molecule has 148 valence electrons. The zero-order valence-electron chi connectivity index (χ0n) is 15.8. The van der Waals surface area contributed by atoms with E-state index in [4.69, 9.17) is 16.3 Å². The second-order valence-corrected chi connectivity index (χ2v) is 7.09. The molecule has 1 atom stereocenters. The number of nitrogens with zero attached hydrogens (tertiary/aromatic N) is 3. The van der Waals surface area contributed by atoms with Gasteiger partial charge in [-0.05, 0) is 48.9 Å². The Hall–Kier alpha value is -3.39. The van der Waals surface area contributed by atoms with E-state index in [1.54, 1.807) is 31.4 Å². The molecule has 8 nitrogen and oxygen atoms in total. The van der Waals surface area contributed by atoms with Crippen molar-refractivity contribution >= 4 is 35.1 Å². The Bertz CT molecular complexity index is 1090. The molecule has 2 aromatic carbocycles. The van der Waals surface area contributed by atoms with Gasteiger partial charge in [-0.3, -0.25) is 14.9 Å². The molecule has 0 saturated carbocycles. The second-order valence-electron chi connectivity index (χ2n) is 6.65. The van der Waals surface area contributed by atoms with Crippen molar-refractivity contribution in [2.24, 2.45) is 0 Å². The average molecular weight is 412 g/mol. The molecule has 2 N–H and O–H groups in total. The highest BCUT2D eigenvalue weighted by atomic mass is 35.5. The third-order valence-corrected chi connectivity index (χ3v) is 4.90. The summed E-state index contributed by atoms with van der Waals surface area (Å²) >= 11 is 6.00. The van der Waals surface area contributed by atoms with Crippen LogP contribution in [0.3, 0.4) is 0 Å². The Balaban J connectivity index is 1.52. The number of nitrogens with one attached hydrogen (secondary N) is 2. The van der Waals surface area contributed by atoms with Crippen molar-refractivity contribution in [1.82, 2.24) is 14.8 Å². The molecule has 2 amide bonds. The van der Waals surface area contributed by atoms with E-state index in [-0.39, 0.29) is 18.2 Å². The van der Waals surface area contributed by atoms with Crippen molar-refractivity contribution in [1.29, 1.82) is 0 Å². The number of aryl methyl sites for hydroxylation is 1. The molecule has 3 aromatic rings. The summed E-state index contributed by atoms with van der Waals surface area (Å²) in [7, 11) is 1.59. The fraction of sp³-hybridized carbons (Fsp3) is 0.200. The van der Waals surface area contributed by atoms with Crippen LogP contribution in [-0.4, -0.2) is 33.7 Å². The number of amides is 2. The number of benzene rings is 2. The number of halogens is 1. The molecular formula is C20H18ClN5O3. The maximum atomic E-state index is 12.5. The summed E-state index contributed by atoms with van der Waals surface area (Å²) in [5.74, 6) is 0.861. The maximum Gasteiger partial charge on any atom is 0.252 e. The summed E-state index contributed by atoms with van der Waals surface area (Å²) in [5.41, 5.74) is 2.26. The first-order valence-corrected chi connectivity index (χ1v) is 9.30. The highest BCUT2D eigenvalue weighted by Gasteiger charge is 2.35. The van der Waals surface area contributed by atoms with Crippen LogP contribution in [0.15, 0.2) is 42.5 Å². The van der Waals surface area contributed by atoms with Crippen LogP contribution in [0.1, 0.15) is 18.0 Å². The second kappa shape index (κ2) is 7.56. The van der Waals surface area contributed by atoms with Gasteiger partial charge < -0.3 is 10.1 Å². The number of rotatable bonds is 5. The van der Waals surface area contributed by atoms with Gasteiger partial charge in [0.25, 0.3) is 5.91 Å². The lowest BCUT2D eigenvalue weighted by molar-refractivity contribution is -0.123. The lowest BCUT2D eigenvalue weighted by Crippen LogP contribution is -2.24. The number of aromatic nitrogens is 3. The molecule has 2 heterocycles. The molecular weight excluding hydrogens is 394 g/mol. The van der Waals surface area contributed by atoms with E-state index in [0.29, 0.717) is 22.5 Å². The van der Waals surface area contributed by atoms with E-state index < -0.39 is 6.04 Å². The Morgan fingerprint density at radius 2 is 2.03 bits per heavy atom. The van der Waals surface area contributed by atoms with Gasteiger partial charge in [0.15, 0.2) is 5.82 Å². The minimum Gasteiger partial charge on any atom is -0.497 e. The molecule has 0 spiro atoms. The molecule has 1 aliphatic heterocycles. The third kappa shape index (κ3) is 3.79. The van der Waals surface area contributed by atoms with Gasteiger partial charge in [-0.25, -0.2) is 4.68 Å². The SMILES string of the molecule is COc1ccc(-c2nc3n(n2)C(CC(=O)Nc2cc(Cl)ccc2C)C(=O)N3)cc1.